The second-order valence-electron chi connectivity index (χ2n) is 3.88. The van der Waals surface area contributed by atoms with E-state index >= 15 is 0 Å². The average Bonchev–Trinajstić information content (AvgIpc) is 2.70. The van der Waals surface area contributed by atoms with Gasteiger partial charge >= 0.3 is 5.69 Å². The van der Waals surface area contributed by atoms with Crippen LogP contribution in [-0.4, -0.2) is 40.0 Å². The predicted octanol–water partition coefficient (Wildman–Crippen LogP) is 0.837. The van der Waals surface area contributed by atoms with E-state index in [4.69, 9.17) is 9.47 Å². The lowest BCUT2D eigenvalue weighted by Gasteiger charge is -2.21. The molecule has 1 fully saturated rings. The molecule has 0 aliphatic carbocycles. The highest BCUT2D eigenvalue weighted by molar-refractivity contribution is 7.99. The van der Waals surface area contributed by atoms with Crippen LogP contribution in [0.3, 0.4) is 0 Å². The molecular formula is C10H17N3O3S. The molecule has 1 aliphatic heterocycles. The Kier molecular flexibility index (Phi) is 4.64. The Morgan fingerprint density at radius 1 is 1.65 bits per heavy atom. The Balaban J connectivity index is 1.91. The Hall–Kier alpha value is -0.790. The minimum absolute atomic E-state index is 0.137. The number of aromatic nitrogens is 3. The van der Waals surface area contributed by atoms with Crippen molar-refractivity contribution in [2.45, 2.75) is 37.6 Å². The zero-order valence-electron chi connectivity index (χ0n) is 9.85. The van der Waals surface area contributed by atoms with Crippen LogP contribution in [0, 0.1) is 0 Å². The molecule has 1 aliphatic rings. The molecule has 1 N–H and O–H groups in total. The van der Waals surface area contributed by atoms with Crippen LogP contribution >= 0.6 is 11.8 Å². The van der Waals surface area contributed by atoms with Crippen LogP contribution in [-0.2, 0) is 16.0 Å². The van der Waals surface area contributed by atoms with Crippen molar-refractivity contribution in [2.75, 3.05) is 19.2 Å². The van der Waals surface area contributed by atoms with Gasteiger partial charge in [-0.1, -0.05) is 18.7 Å². The lowest BCUT2D eigenvalue weighted by Crippen LogP contribution is -2.26. The van der Waals surface area contributed by atoms with Gasteiger partial charge in [0, 0.05) is 12.3 Å². The van der Waals surface area contributed by atoms with Gasteiger partial charge in [0.05, 0.1) is 12.7 Å². The van der Waals surface area contributed by atoms with E-state index in [9.17, 15) is 4.79 Å². The highest BCUT2D eigenvalue weighted by Crippen LogP contribution is 2.19. The fraction of sp³-hybridized carbons (Fsp3) is 0.800. The summed E-state index contributed by atoms with van der Waals surface area (Å²) in [5.41, 5.74) is -0.137. The molecule has 0 aromatic carbocycles. The zero-order valence-corrected chi connectivity index (χ0v) is 10.7. The number of nitrogens with zero attached hydrogens (tertiary/aromatic N) is 2. The predicted molar refractivity (Wildman–Crippen MR) is 64.2 cm³/mol. The second kappa shape index (κ2) is 6.23. The summed E-state index contributed by atoms with van der Waals surface area (Å²) in [5.74, 6) is 0.803. The highest BCUT2D eigenvalue weighted by atomic mass is 32.2. The van der Waals surface area contributed by atoms with Crippen molar-refractivity contribution >= 4 is 11.8 Å². The summed E-state index contributed by atoms with van der Waals surface area (Å²) >= 11 is 1.55. The second-order valence-corrected chi connectivity index (χ2v) is 4.86. The van der Waals surface area contributed by atoms with Crippen LogP contribution in [0.1, 0.15) is 19.8 Å². The van der Waals surface area contributed by atoms with Crippen LogP contribution in [0.15, 0.2) is 9.95 Å². The van der Waals surface area contributed by atoms with Crippen molar-refractivity contribution in [1.29, 1.82) is 0 Å². The number of H-pyrrole nitrogens is 1. The lowest BCUT2D eigenvalue weighted by molar-refractivity contribution is -0.130. The van der Waals surface area contributed by atoms with E-state index in [0.717, 1.165) is 30.4 Å². The summed E-state index contributed by atoms with van der Waals surface area (Å²) in [6, 6.07) is 0. The SMILES string of the molecule is CCCn1c(SC[C@@H]2CCOCO2)n[nH]c1=O. The molecule has 1 aromatic rings. The number of hydrogen-bond donors (Lipinski definition) is 1. The standard InChI is InChI=1S/C10H17N3O3S/c1-2-4-13-9(14)11-12-10(13)17-6-8-3-5-15-7-16-8/h8H,2-7H2,1H3,(H,11,14)/t8-/m0/s1. The summed E-state index contributed by atoms with van der Waals surface area (Å²) in [6.45, 7) is 3.85. The van der Waals surface area contributed by atoms with E-state index in [1.165, 1.54) is 0 Å². The monoisotopic (exact) mass is 259 g/mol. The number of nitrogens with one attached hydrogen (secondary N) is 1. The van der Waals surface area contributed by atoms with Crippen molar-refractivity contribution < 1.29 is 9.47 Å². The molecule has 6 nitrogen and oxygen atoms in total. The van der Waals surface area contributed by atoms with Crippen LogP contribution in [0.5, 0.6) is 0 Å². The third-order valence-corrected chi connectivity index (χ3v) is 3.65. The molecule has 17 heavy (non-hydrogen) atoms. The van der Waals surface area contributed by atoms with Crippen LogP contribution in [0.2, 0.25) is 0 Å². The molecule has 1 aromatic heterocycles. The first-order chi connectivity index (χ1) is 8.31. The first-order valence-electron chi connectivity index (χ1n) is 5.78. The number of aromatic amines is 1. The fourth-order valence-electron chi connectivity index (χ4n) is 1.63. The third kappa shape index (κ3) is 3.34. The Bertz CT molecular complexity index is 398. The maximum absolute atomic E-state index is 11.5. The van der Waals surface area contributed by atoms with Crippen molar-refractivity contribution in [2.24, 2.45) is 0 Å². The van der Waals surface area contributed by atoms with E-state index in [1.807, 2.05) is 6.92 Å². The molecule has 0 bridgehead atoms. The first kappa shape index (κ1) is 12.7. The highest BCUT2D eigenvalue weighted by Gasteiger charge is 2.16. The maximum atomic E-state index is 11.5. The Morgan fingerprint density at radius 3 is 3.24 bits per heavy atom. The summed E-state index contributed by atoms with van der Waals surface area (Å²) in [7, 11) is 0. The van der Waals surface area contributed by atoms with Crippen LogP contribution < -0.4 is 5.69 Å². The number of rotatable bonds is 5. The molecule has 0 saturated carbocycles. The molecule has 1 saturated heterocycles. The topological polar surface area (TPSA) is 69.1 Å². The molecule has 0 amide bonds. The zero-order chi connectivity index (χ0) is 12.1. The first-order valence-corrected chi connectivity index (χ1v) is 6.77. The van der Waals surface area contributed by atoms with Gasteiger partial charge in [0.15, 0.2) is 5.16 Å². The number of hydrogen-bond acceptors (Lipinski definition) is 5. The fourth-order valence-corrected chi connectivity index (χ4v) is 2.67. The molecule has 0 unspecified atom stereocenters. The molecule has 7 heteroatoms. The van der Waals surface area contributed by atoms with Crippen LogP contribution in [0.25, 0.3) is 0 Å². The van der Waals surface area contributed by atoms with Gasteiger partial charge in [0.1, 0.15) is 6.79 Å². The maximum Gasteiger partial charge on any atom is 0.343 e. The number of thioether (sulfide) groups is 1. The molecule has 0 radical (unpaired) electrons. The van der Waals surface area contributed by atoms with Gasteiger partial charge in [-0.25, -0.2) is 9.89 Å². The van der Waals surface area contributed by atoms with E-state index in [2.05, 4.69) is 10.2 Å². The molecule has 2 heterocycles. The third-order valence-electron chi connectivity index (χ3n) is 2.54. The van der Waals surface area contributed by atoms with Gasteiger partial charge in [-0.05, 0) is 12.8 Å². The van der Waals surface area contributed by atoms with E-state index < -0.39 is 0 Å². The van der Waals surface area contributed by atoms with Gasteiger partial charge in [-0.2, -0.15) is 0 Å². The van der Waals surface area contributed by atoms with Crippen LogP contribution in [0.4, 0.5) is 0 Å². The molecular weight excluding hydrogens is 242 g/mol. The lowest BCUT2D eigenvalue weighted by atomic mass is 10.3. The van der Waals surface area contributed by atoms with Crippen molar-refractivity contribution in [3.8, 4) is 0 Å². The Labute approximate surface area is 104 Å². The quantitative estimate of drug-likeness (QED) is 0.793. The van der Waals surface area contributed by atoms with E-state index in [1.54, 1.807) is 16.3 Å². The van der Waals surface area contributed by atoms with Crippen molar-refractivity contribution in [3.63, 3.8) is 0 Å². The summed E-state index contributed by atoms with van der Waals surface area (Å²) in [5, 5.41) is 7.24. The minimum Gasteiger partial charge on any atom is -0.355 e. The smallest absolute Gasteiger partial charge is 0.343 e. The summed E-state index contributed by atoms with van der Waals surface area (Å²) < 4.78 is 12.2. The van der Waals surface area contributed by atoms with Gasteiger partial charge in [0.2, 0.25) is 0 Å². The van der Waals surface area contributed by atoms with Gasteiger partial charge in [-0.3, -0.25) is 4.57 Å². The molecule has 96 valence electrons. The van der Waals surface area contributed by atoms with E-state index in [-0.39, 0.29) is 11.8 Å². The minimum atomic E-state index is -0.137. The van der Waals surface area contributed by atoms with E-state index in [0.29, 0.717) is 13.3 Å². The largest absolute Gasteiger partial charge is 0.355 e. The number of ether oxygens (including phenoxy) is 2. The van der Waals surface area contributed by atoms with Crippen molar-refractivity contribution in [3.05, 3.63) is 10.5 Å². The average molecular weight is 259 g/mol. The normalized spacial score (nSPS) is 20.6. The Morgan fingerprint density at radius 2 is 2.53 bits per heavy atom. The van der Waals surface area contributed by atoms with Gasteiger partial charge in [0.25, 0.3) is 0 Å². The molecule has 2 rings (SSSR count). The summed E-state index contributed by atoms with van der Waals surface area (Å²) in [6.07, 6.45) is 2.01. The summed E-state index contributed by atoms with van der Waals surface area (Å²) in [4.78, 5) is 11.5. The van der Waals surface area contributed by atoms with Crippen molar-refractivity contribution in [1.82, 2.24) is 14.8 Å². The molecule has 1 atom stereocenters. The molecule has 0 spiro atoms. The van der Waals surface area contributed by atoms with Gasteiger partial charge in [-0.15, -0.1) is 5.10 Å². The van der Waals surface area contributed by atoms with Gasteiger partial charge < -0.3 is 9.47 Å².